The maximum Gasteiger partial charge on any atom is 0.258 e. The fraction of sp³-hybridized carbons (Fsp3) is 0.190. The van der Waals surface area contributed by atoms with E-state index in [2.05, 4.69) is 14.7 Å². The van der Waals surface area contributed by atoms with E-state index in [9.17, 15) is 13.6 Å². The minimum Gasteiger partial charge on any atom is -0.386 e. The van der Waals surface area contributed by atoms with Crippen molar-refractivity contribution in [2.45, 2.75) is 12.5 Å². The van der Waals surface area contributed by atoms with Crippen molar-refractivity contribution in [3.05, 3.63) is 86.6 Å². The van der Waals surface area contributed by atoms with E-state index in [4.69, 9.17) is 23.1 Å². The van der Waals surface area contributed by atoms with E-state index in [-0.39, 0.29) is 18.1 Å². The Hall–Kier alpha value is -2.95. The molecule has 0 amide bonds. The van der Waals surface area contributed by atoms with Crippen LogP contribution >= 0.6 is 23.5 Å². The van der Waals surface area contributed by atoms with E-state index >= 15 is 0 Å². The number of nitrogens with zero attached hydrogens (tertiary/aromatic N) is 3. The summed E-state index contributed by atoms with van der Waals surface area (Å²) in [7, 11) is 1.65. The lowest BCUT2D eigenvalue weighted by Crippen LogP contribution is -2.29. The number of hydrogen-bond donors (Lipinski definition) is 3. The predicted molar refractivity (Wildman–Crippen MR) is 126 cm³/mol. The Labute approximate surface area is 192 Å². The lowest BCUT2D eigenvalue weighted by Gasteiger charge is -2.21. The molecule has 0 fully saturated rings. The van der Waals surface area contributed by atoms with Crippen LogP contribution in [0.1, 0.15) is 23.0 Å². The van der Waals surface area contributed by atoms with Gasteiger partial charge in [-0.3, -0.25) is 9.36 Å². The molecule has 3 rings (SSSR count). The summed E-state index contributed by atoms with van der Waals surface area (Å²) in [5.41, 5.74) is 13.6. The maximum atomic E-state index is 13.6. The highest BCUT2D eigenvalue weighted by molar-refractivity contribution is 7.97. The molecule has 11 heteroatoms. The minimum atomic E-state index is -0.842. The molecular weight excluding hydrogens is 458 g/mol. The molecule has 168 valence electrons. The number of rotatable bonds is 7. The smallest absolute Gasteiger partial charge is 0.258 e. The van der Waals surface area contributed by atoms with Crippen LogP contribution in [0.25, 0.3) is 5.69 Å². The molecule has 0 saturated carbocycles. The van der Waals surface area contributed by atoms with Crippen LogP contribution in [-0.4, -0.2) is 28.7 Å². The Bertz CT molecular complexity index is 1210. The quantitative estimate of drug-likeness (QED) is 0.272. The largest absolute Gasteiger partial charge is 0.386 e. The zero-order chi connectivity index (χ0) is 23.4. The van der Waals surface area contributed by atoms with Crippen LogP contribution in [0.2, 0.25) is 5.02 Å². The van der Waals surface area contributed by atoms with Gasteiger partial charge in [-0.15, -0.1) is 0 Å². The third-order valence-electron chi connectivity index (χ3n) is 4.65. The first-order valence-electron chi connectivity index (χ1n) is 9.43. The van der Waals surface area contributed by atoms with E-state index < -0.39 is 23.2 Å². The second-order valence-corrected chi connectivity index (χ2v) is 7.75. The fourth-order valence-electron chi connectivity index (χ4n) is 3.40. The molecule has 0 spiro atoms. The van der Waals surface area contributed by atoms with Crippen LogP contribution in [0.15, 0.2) is 51.8 Å². The van der Waals surface area contributed by atoms with Gasteiger partial charge in [-0.05, 0) is 48.2 Å². The molecule has 5 N–H and O–H groups in total. The van der Waals surface area contributed by atoms with Gasteiger partial charge in [0.05, 0.1) is 28.0 Å². The molecule has 32 heavy (non-hydrogen) atoms. The number of nitrogens with two attached hydrogens (primary N) is 2. The minimum absolute atomic E-state index is 0.0521. The second-order valence-electron chi connectivity index (χ2n) is 6.79. The Morgan fingerprint density at radius 2 is 1.97 bits per heavy atom. The number of aromatic nitrogens is 2. The number of benzene rings is 2. The summed E-state index contributed by atoms with van der Waals surface area (Å²) in [5, 5.41) is 3.36. The summed E-state index contributed by atoms with van der Waals surface area (Å²) in [5.74, 6) is -1.05. The Kier molecular flexibility index (Phi) is 7.49. The summed E-state index contributed by atoms with van der Waals surface area (Å²) < 4.78 is 32.7. The zero-order valence-electron chi connectivity index (χ0n) is 17.3. The predicted octanol–water partition coefficient (Wildman–Crippen LogP) is 3.43. The zero-order valence-corrected chi connectivity index (χ0v) is 18.8. The van der Waals surface area contributed by atoms with Gasteiger partial charge in [0.2, 0.25) is 0 Å². The SMILES string of the molecule is CNc1c(-n2c(C(N)Cc3cc(F)cc(F)c3)nccc2=O)ccc(Cl)c1C(N)=NSC. The van der Waals surface area contributed by atoms with E-state index in [1.54, 1.807) is 25.4 Å². The summed E-state index contributed by atoms with van der Waals surface area (Å²) >= 11 is 7.53. The third-order valence-corrected chi connectivity index (χ3v) is 5.35. The first-order chi connectivity index (χ1) is 15.3. The van der Waals surface area contributed by atoms with Gasteiger partial charge in [-0.25, -0.2) is 13.8 Å². The van der Waals surface area contributed by atoms with E-state index in [0.29, 0.717) is 27.5 Å². The number of amidine groups is 1. The van der Waals surface area contributed by atoms with Crippen molar-refractivity contribution < 1.29 is 8.78 Å². The lowest BCUT2D eigenvalue weighted by molar-refractivity contribution is 0.572. The molecular formula is C21H21ClF2N6OS. The molecule has 0 radical (unpaired) electrons. The first-order valence-corrected chi connectivity index (χ1v) is 11.0. The molecule has 0 aliphatic carbocycles. The number of halogens is 3. The first kappa shape index (κ1) is 23.7. The van der Waals surface area contributed by atoms with Gasteiger partial charge in [0.15, 0.2) is 0 Å². The number of hydrogen-bond acceptors (Lipinski definition) is 6. The Balaban J connectivity index is 2.17. The molecule has 2 aromatic carbocycles. The van der Waals surface area contributed by atoms with Gasteiger partial charge in [-0.2, -0.15) is 4.40 Å². The standard InChI is InChI=1S/C21H21ClF2N6OS/c1-27-19-16(4-3-14(22)18(19)20(26)29-32-2)30-17(31)5-6-28-21(30)15(25)9-11-7-12(23)10-13(24)8-11/h3-8,10,15,27H,9,25H2,1-2H3,(H2,26,29). The molecule has 1 atom stereocenters. The van der Waals surface area contributed by atoms with Gasteiger partial charge in [-0.1, -0.05) is 11.6 Å². The summed E-state index contributed by atoms with van der Waals surface area (Å²) in [6.07, 6.45) is 3.14. The van der Waals surface area contributed by atoms with Crippen LogP contribution < -0.4 is 22.3 Å². The number of anilines is 1. The van der Waals surface area contributed by atoms with Crippen molar-refractivity contribution in [1.82, 2.24) is 9.55 Å². The van der Waals surface area contributed by atoms with Crippen molar-refractivity contribution in [2.24, 2.45) is 15.9 Å². The third kappa shape index (κ3) is 4.93. The molecule has 7 nitrogen and oxygen atoms in total. The van der Waals surface area contributed by atoms with Crippen molar-refractivity contribution in [2.75, 3.05) is 18.6 Å². The fourth-order valence-corrected chi connectivity index (χ4v) is 3.94. The van der Waals surface area contributed by atoms with Crippen molar-refractivity contribution >= 4 is 35.1 Å². The maximum absolute atomic E-state index is 13.6. The van der Waals surface area contributed by atoms with Crippen molar-refractivity contribution in [1.29, 1.82) is 0 Å². The summed E-state index contributed by atoms with van der Waals surface area (Å²) in [6, 6.07) is 6.82. The molecule has 0 saturated heterocycles. The lowest BCUT2D eigenvalue weighted by atomic mass is 10.0. The van der Waals surface area contributed by atoms with E-state index in [0.717, 1.165) is 18.0 Å². The topological polar surface area (TPSA) is 111 Å². The molecule has 0 aliphatic heterocycles. The molecule has 1 heterocycles. The van der Waals surface area contributed by atoms with Crippen molar-refractivity contribution in [3.63, 3.8) is 0 Å². The van der Waals surface area contributed by atoms with Gasteiger partial charge >= 0.3 is 0 Å². The molecule has 0 bridgehead atoms. The Morgan fingerprint density at radius 1 is 1.28 bits per heavy atom. The summed E-state index contributed by atoms with van der Waals surface area (Å²) in [4.78, 5) is 17.2. The van der Waals surface area contributed by atoms with Gasteiger partial charge in [0.25, 0.3) is 5.56 Å². The van der Waals surface area contributed by atoms with Gasteiger partial charge in [0.1, 0.15) is 23.3 Å². The normalized spacial score (nSPS) is 12.6. The van der Waals surface area contributed by atoms with Gasteiger partial charge in [0, 0.05) is 31.6 Å². The van der Waals surface area contributed by atoms with E-state index in [1.807, 2.05) is 0 Å². The molecule has 0 aliphatic rings. The van der Waals surface area contributed by atoms with Crippen LogP contribution in [0.5, 0.6) is 0 Å². The highest BCUT2D eigenvalue weighted by atomic mass is 35.5. The average molecular weight is 479 g/mol. The molecule has 1 aromatic heterocycles. The van der Waals surface area contributed by atoms with Crippen LogP contribution in [-0.2, 0) is 6.42 Å². The van der Waals surface area contributed by atoms with E-state index in [1.165, 1.54) is 29.0 Å². The average Bonchev–Trinajstić information content (AvgIpc) is 2.72. The highest BCUT2D eigenvalue weighted by Crippen LogP contribution is 2.32. The van der Waals surface area contributed by atoms with Crippen LogP contribution in [0.4, 0.5) is 14.5 Å². The molecule has 3 aromatic rings. The summed E-state index contributed by atoms with van der Waals surface area (Å²) in [6.45, 7) is 0. The second kappa shape index (κ2) is 10.1. The highest BCUT2D eigenvalue weighted by Gasteiger charge is 2.22. The molecule has 1 unspecified atom stereocenters. The van der Waals surface area contributed by atoms with Crippen LogP contribution in [0, 0.1) is 11.6 Å². The Morgan fingerprint density at radius 3 is 2.59 bits per heavy atom. The van der Waals surface area contributed by atoms with Gasteiger partial charge < -0.3 is 16.8 Å². The van der Waals surface area contributed by atoms with Crippen molar-refractivity contribution in [3.8, 4) is 5.69 Å². The monoisotopic (exact) mass is 478 g/mol. The van der Waals surface area contributed by atoms with Crippen LogP contribution in [0.3, 0.4) is 0 Å². The number of nitrogens with one attached hydrogen (secondary N) is 1.